The SMILES string of the molecule is COc1cc2c(-c3ccc(Br)cc3)cc3c(c2cc1OC)C=CC(c1ccc(O)cc1)(c1cc2c4c(c1)CCCN4CCC2)O3. The Balaban J connectivity index is 1.38. The van der Waals surface area contributed by atoms with E-state index < -0.39 is 5.60 Å². The van der Waals surface area contributed by atoms with E-state index in [1.165, 1.54) is 16.8 Å². The minimum absolute atomic E-state index is 0.231. The molecule has 3 aliphatic rings. The summed E-state index contributed by atoms with van der Waals surface area (Å²) < 4.78 is 19.8. The van der Waals surface area contributed by atoms with Crippen LogP contribution in [0.15, 0.2) is 89.4 Å². The summed E-state index contributed by atoms with van der Waals surface area (Å²) in [7, 11) is 3.34. The van der Waals surface area contributed by atoms with Crippen LogP contribution in [0.5, 0.6) is 23.0 Å². The highest BCUT2D eigenvalue weighted by atomic mass is 79.9. The van der Waals surface area contributed by atoms with Crippen LogP contribution in [0.3, 0.4) is 0 Å². The normalized spacial score (nSPS) is 18.2. The highest BCUT2D eigenvalue weighted by Gasteiger charge is 2.40. The van der Waals surface area contributed by atoms with Crippen LogP contribution in [-0.2, 0) is 18.4 Å². The van der Waals surface area contributed by atoms with E-state index in [1.807, 2.05) is 18.2 Å². The van der Waals surface area contributed by atoms with Gasteiger partial charge in [-0.2, -0.15) is 0 Å². The summed E-state index contributed by atoms with van der Waals surface area (Å²) in [6, 6.07) is 26.8. The molecule has 0 aliphatic carbocycles. The lowest BCUT2D eigenvalue weighted by atomic mass is 9.79. The molecule has 1 atom stereocenters. The van der Waals surface area contributed by atoms with Gasteiger partial charge in [-0.15, -0.1) is 0 Å². The number of hydrogen-bond donors (Lipinski definition) is 1. The molecular formula is C39H34BrNO4. The van der Waals surface area contributed by atoms with Crippen LogP contribution in [0.4, 0.5) is 5.69 Å². The van der Waals surface area contributed by atoms with Gasteiger partial charge in [-0.25, -0.2) is 0 Å². The van der Waals surface area contributed by atoms with Crippen molar-refractivity contribution in [2.45, 2.75) is 31.3 Å². The number of halogens is 1. The van der Waals surface area contributed by atoms with Crippen molar-refractivity contribution in [2.75, 3.05) is 32.2 Å². The maximum absolute atomic E-state index is 10.2. The molecule has 45 heavy (non-hydrogen) atoms. The van der Waals surface area contributed by atoms with Crippen molar-refractivity contribution in [1.82, 2.24) is 0 Å². The summed E-state index contributed by atoms with van der Waals surface area (Å²) in [5.74, 6) is 2.37. The second-order valence-corrected chi connectivity index (χ2v) is 13.1. The number of fused-ring (bicyclic) bond motifs is 3. The summed E-state index contributed by atoms with van der Waals surface area (Å²) in [6.45, 7) is 2.26. The number of ether oxygens (including phenoxy) is 3. The summed E-state index contributed by atoms with van der Waals surface area (Å²) >= 11 is 3.60. The molecule has 0 aromatic heterocycles. The van der Waals surface area contributed by atoms with Crippen molar-refractivity contribution in [2.24, 2.45) is 0 Å². The van der Waals surface area contributed by atoms with Gasteiger partial charge in [0.1, 0.15) is 11.5 Å². The van der Waals surface area contributed by atoms with Gasteiger partial charge >= 0.3 is 0 Å². The Kier molecular flexibility index (Phi) is 6.79. The maximum Gasteiger partial charge on any atom is 0.178 e. The molecule has 8 rings (SSSR count). The summed E-state index contributed by atoms with van der Waals surface area (Å²) in [6.07, 6.45) is 8.85. The number of rotatable bonds is 5. The van der Waals surface area contributed by atoms with E-state index in [1.54, 1.807) is 26.4 Å². The number of anilines is 1. The van der Waals surface area contributed by atoms with Crippen LogP contribution < -0.4 is 19.1 Å². The van der Waals surface area contributed by atoms with Crippen molar-refractivity contribution in [3.63, 3.8) is 0 Å². The quantitative estimate of drug-likeness (QED) is 0.204. The molecule has 0 radical (unpaired) electrons. The zero-order chi connectivity index (χ0) is 30.7. The number of phenolic OH excluding ortho intramolecular Hbond substituents is 1. The predicted octanol–water partition coefficient (Wildman–Crippen LogP) is 9.04. The van der Waals surface area contributed by atoms with Gasteiger partial charge in [0.15, 0.2) is 17.1 Å². The highest BCUT2D eigenvalue weighted by molar-refractivity contribution is 9.10. The van der Waals surface area contributed by atoms with Crippen molar-refractivity contribution >= 4 is 38.5 Å². The van der Waals surface area contributed by atoms with Gasteiger partial charge in [0.05, 0.1) is 14.2 Å². The minimum atomic E-state index is -0.882. The largest absolute Gasteiger partial charge is 0.508 e. The predicted molar refractivity (Wildman–Crippen MR) is 184 cm³/mol. The van der Waals surface area contributed by atoms with Crippen molar-refractivity contribution in [1.29, 1.82) is 0 Å². The van der Waals surface area contributed by atoms with Gasteiger partial charge in [-0.1, -0.05) is 40.2 Å². The Labute approximate surface area is 271 Å². The third kappa shape index (κ3) is 4.57. The third-order valence-electron chi connectivity index (χ3n) is 9.61. The molecule has 5 aromatic rings. The fourth-order valence-corrected chi connectivity index (χ4v) is 7.75. The Morgan fingerprint density at radius 1 is 0.778 bits per heavy atom. The van der Waals surface area contributed by atoms with Gasteiger partial charge in [0.25, 0.3) is 0 Å². The maximum atomic E-state index is 10.2. The molecule has 226 valence electrons. The molecule has 0 saturated heterocycles. The van der Waals surface area contributed by atoms with E-state index in [9.17, 15) is 5.11 Å². The smallest absolute Gasteiger partial charge is 0.178 e. The molecular weight excluding hydrogens is 626 g/mol. The third-order valence-corrected chi connectivity index (χ3v) is 10.1. The molecule has 1 N–H and O–H groups in total. The number of aryl methyl sites for hydroxylation is 2. The molecule has 0 bridgehead atoms. The number of phenols is 1. The van der Waals surface area contributed by atoms with E-state index in [0.717, 1.165) is 87.6 Å². The average Bonchev–Trinajstić information content (AvgIpc) is 3.08. The van der Waals surface area contributed by atoms with Gasteiger partial charge in [-0.05, 0) is 125 Å². The van der Waals surface area contributed by atoms with Crippen LogP contribution >= 0.6 is 15.9 Å². The zero-order valence-electron chi connectivity index (χ0n) is 25.4. The number of methoxy groups -OCH3 is 2. The Morgan fingerprint density at radius 2 is 1.42 bits per heavy atom. The first-order valence-corrected chi connectivity index (χ1v) is 16.3. The Hall–Kier alpha value is -4.42. The van der Waals surface area contributed by atoms with Crippen molar-refractivity contribution < 1.29 is 19.3 Å². The zero-order valence-corrected chi connectivity index (χ0v) is 27.0. The van der Waals surface area contributed by atoms with E-state index in [4.69, 9.17) is 14.2 Å². The lowest BCUT2D eigenvalue weighted by Crippen LogP contribution is -2.37. The van der Waals surface area contributed by atoms with Crippen LogP contribution in [0.25, 0.3) is 28.0 Å². The standard InChI is InChI=1S/C39H34BrNO4/c1-43-36-22-33-31-15-16-39(27-9-13-30(42)14-10-27,28-19-25-5-3-17-41-18-4-6-26(20-28)38(25)41)45-35(31)21-32(34(33)23-37(36)44-2)24-7-11-29(40)12-8-24/h7-16,19-23,42H,3-6,17-18H2,1-2H3. The molecule has 3 heterocycles. The first-order valence-electron chi connectivity index (χ1n) is 15.5. The molecule has 5 nitrogen and oxygen atoms in total. The lowest BCUT2D eigenvalue weighted by Gasteiger charge is -2.41. The van der Waals surface area contributed by atoms with Crippen LogP contribution in [-0.4, -0.2) is 32.4 Å². The molecule has 5 aromatic carbocycles. The molecule has 3 aliphatic heterocycles. The molecule has 0 spiro atoms. The fourth-order valence-electron chi connectivity index (χ4n) is 7.48. The Morgan fingerprint density at radius 3 is 2.07 bits per heavy atom. The van der Waals surface area contributed by atoms with Crippen molar-refractivity contribution in [3.8, 4) is 34.1 Å². The van der Waals surface area contributed by atoms with E-state index in [2.05, 4.69) is 81.5 Å². The van der Waals surface area contributed by atoms with Crippen LogP contribution in [0.2, 0.25) is 0 Å². The number of hydrogen-bond acceptors (Lipinski definition) is 5. The minimum Gasteiger partial charge on any atom is -0.508 e. The van der Waals surface area contributed by atoms with Crippen LogP contribution in [0.1, 0.15) is 40.7 Å². The van der Waals surface area contributed by atoms with E-state index in [-0.39, 0.29) is 5.75 Å². The fraction of sp³-hybridized carbons (Fsp3) is 0.231. The topological polar surface area (TPSA) is 51.2 Å². The van der Waals surface area contributed by atoms with Gasteiger partial charge in [-0.3, -0.25) is 0 Å². The average molecular weight is 661 g/mol. The van der Waals surface area contributed by atoms with E-state index in [0.29, 0.717) is 11.5 Å². The second kappa shape index (κ2) is 10.9. The number of nitrogens with zero attached hydrogens (tertiary/aromatic N) is 1. The molecule has 0 amide bonds. The molecule has 0 fully saturated rings. The summed E-state index contributed by atoms with van der Waals surface area (Å²) in [5, 5.41) is 12.3. The van der Waals surface area contributed by atoms with Gasteiger partial charge in [0, 0.05) is 39.9 Å². The summed E-state index contributed by atoms with van der Waals surface area (Å²) in [5.41, 5.74) is 8.55. The molecule has 0 saturated carbocycles. The Bertz CT molecular complexity index is 1950. The number of aromatic hydroxyl groups is 1. The second-order valence-electron chi connectivity index (χ2n) is 12.2. The first kappa shape index (κ1) is 28.1. The van der Waals surface area contributed by atoms with Crippen LogP contribution in [0, 0.1) is 0 Å². The van der Waals surface area contributed by atoms with E-state index >= 15 is 0 Å². The molecule has 6 heteroatoms. The van der Waals surface area contributed by atoms with Gasteiger partial charge in [0.2, 0.25) is 0 Å². The number of benzene rings is 5. The first-order chi connectivity index (χ1) is 22.0. The highest BCUT2D eigenvalue weighted by Crippen LogP contribution is 2.50. The lowest BCUT2D eigenvalue weighted by molar-refractivity contribution is 0.161. The molecule has 1 unspecified atom stereocenters. The summed E-state index contributed by atoms with van der Waals surface area (Å²) in [4.78, 5) is 2.57. The van der Waals surface area contributed by atoms with Crippen molar-refractivity contribution in [3.05, 3.63) is 117 Å². The monoisotopic (exact) mass is 659 g/mol. The van der Waals surface area contributed by atoms with Gasteiger partial charge < -0.3 is 24.2 Å².